The molecule has 0 aliphatic carbocycles. The number of benzene rings is 9. The van der Waals surface area contributed by atoms with Crippen LogP contribution in [0.2, 0.25) is 0 Å². The van der Waals surface area contributed by atoms with Gasteiger partial charge in [0, 0.05) is 38.2 Å². The fraction of sp³-hybridized carbons (Fsp3) is 0. The molecule has 0 amide bonds. The maximum atomic E-state index is 6.50. The zero-order valence-electron chi connectivity index (χ0n) is 29.9. The zero-order valence-corrected chi connectivity index (χ0v) is 29.9. The van der Waals surface area contributed by atoms with Gasteiger partial charge in [-0.25, -0.2) is 15.0 Å². The van der Waals surface area contributed by atoms with Gasteiger partial charge in [0.15, 0.2) is 17.5 Å². The van der Waals surface area contributed by atoms with E-state index < -0.39 is 0 Å². The molecule has 0 saturated carbocycles. The van der Waals surface area contributed by atoms with Crippen LogP contribution in [0.5, 0.6) is 0 Å². The Morgan fingerprint density at radius 3 is 1.79 bits per heavy atom. The summed E-state index contributed by atoms with van der Waals surface area (Å²) in [5, 5.41) is 11.1. The first kappa shape index (κ1) is 30.8. The molecule has 5 heteroatoms. The van der Waals surface area contributed by atoms with Gasteiger partial charge in [-0.15, -0.1) is 0 Å². The molecule has 0 spiro atoms. The van der Waals surface area contributed by atoms with Crippen molar-refractivity contribution < 1.29 is 8.83 Å². The summed E-state index contributed by atoms with van der Waals surface area (Å²) in [5.74, 6) is 1.81. The van der Waals surface area contributed by atoms with Crippen LogP contribution in [0.15, 0.2) is 185 Å². The summed E-state index contributed by atoms with van der Waals surface area (Å²) >= 11 is 0. The van der Waals surface area contributed by atoms with Crippen molar-refractivity contribution in [3.63, 3.8) is 0 Å². The highest BCUT2D eigenvalue weighted by Crippen LogP contribution is 2.41. The number of hydrogen-bond donors (Lipinski definition) is 0. The highest BCUT2D eigenvalue weighted by Gasteiger charge is 2.20. The van der Waals surface area contributed by atoms with Crippen molar-refractivity contribution in [1.29, 1.82) is 0 Å². The second-order valence-electron chi connectivity index (χ2n) is 14.4. The molecule has 0 N–H and O–H groups in total. The van der Waals surface area contributed by atoms with E-state index in [4.69, 9.17) is 23.8 Å². The molecule has 0 aliphatic rings. The van der Waals surface area contributed by atoms with Gasteiger partial charge < -0.3 is 8.83 Å². The van der Waals surface area contributed by atoms with E-state index in [1.54, 1.807) is 0 Å². The Balaban J connectivity index is 1.06. The van der Waals surface area contributed by atoms with Crippen LogP contribution >= 0.6 is 0 Å². The summed E-state index contributed by atoms with van der Waals surface area (Å²) in [7, 11) is 0. The fourth-order valence-corrected chi connectivity index (χ4v) is 8.41. The average molecular weight is 716 g/mol. The first-order valence-corrected chi connectivity index (χ1v) is 18.8. The molecular formula is C51H29N3O2. The highest BCUT2D eigenvalue weighted by molar-refractivity contribution is 6.15. The second kappa shape index (κ2) is 11.9. The Labute approximate surface area is 320 Å². The number of rotatable bonds is 4. The molecule has 5 nitrogen and oxygen atoms in total. The smallest absolute Gasteiger partial charge is 0.164 e. The highest BCUT2D eigenvalue weighted by atomic mass is 16.3. The number of fused-ring (bicyclic) bond motifs is 10. The summed E-state index contributed by atoms with van der Waals surface area (Å²) in [5.41, 5.74) is 8.20. The lowest BCUT2D eigenvalue weighted by Gasteiger charge is -2.12. The van der Waals surface area contributed by atoms with Gasteiger partial charge in [-0.3, -0.25) is 0 Å². The minimum absolute atomic E-state index is 0.584. The maximum Gasteiger partial charge on any atom is 0.164 e. The van der Waals surface area contributed by atoms with E-state index in [9.17, 15) is 0 Å². The van der Waals surface area contributed by atoms with Gasteiger partial charge in [-0.05, 0) is 92.0 Å². The fourth-order valence-electron chi connectivity index (χ4n) is 8.41. The van der Waals surface area contributed by atoms with E-state index in [1.165, 1.54) is 16.2 Å². The Kier molecular flexibility index (Phi) is 6.56. The molecule has 56 heavy (non-hydrogen) atoms. The molecule has 3 aromatic heterocycles. The standard InChI is InChI=1S/C51H29N3O2/c1-2-11-30(12-3-1)49-52-50(54-51(53-49)42-27-35-15-6-7-16-36(35)37-17-8-9-18-38(37)42)40-19-10-20-45-48(40)43-26-33(22-24-44(43)55-45)34-21-23-39-41-25-31-13-4-5-14-32(31)28-47(41)56-46(39)29-34/h1-29H. The third-order valence-electron chi connectivity index (χ3n) is 11.1. The minimum atomic E-state index is 0.584. The lowest BCUT2D eigenvalue weighted by atomic mass is 9.96. The van der Waals surface area contributed by atoms with Crippen LogP contribution in [0.4, 0.5) is 0 Å². The largest absolute Gasteiger partial charge is 0.456 e. The van der Waals surface area contributed by atoms with Crippen LogP contribution in [0.25, 0.3) is 121 Å². The van der Waals surface area contributed by atoms with Crippen molar-refractivity contribution in [1.82, 2.24) is 15.0 Å². The van der Waals surface area contributed by atoms with Crippen molar-refractivity contribution >= 4 is 76.2 Å². The molecule has 0 fully saturated rings. The lowest BCUT2D eigenvalue weighted by Crippen LogP contribution is -2.01. The predicted octanol–water partition coefficient (Wildman–Crippen LogP) is 13.8. The van der Waals surface area contributed by atoms with Crippen LogP contribution in [-0.4, -0.2) is 15.0 Å². The zero-order chi connectivity index (χ0) is 36.7. The van der Waals surface area contributed by atoms with E-state index in [-0.39, 0.29) is 0 Å². The molecule has 260 valence electrons. The van der Waals surface area contributed by atoms with Crippen LogP contribution in [0.1, 0.15) is 0 Å². The van der Waals surface area contributed by atoms with Crippen LogP contribution in [0, 0.1) is 0 Å². The number of hydrogen-bond acceptors (Lipinski definition) is 5. The molecule has 0 unspecified atom stereocenters. The summed E-state index contributed by atoms with van der Waals surface area (Å²) in [4.78, 5) is 15.6. The minimum Gasteiger partial charge on any atom is -0.456 e. The Morgan fingerprint density at radius 1 is 0.286 bits per heavy atom. The third kappa shape index (κ3) is 4.78. The van der Waals surface area contributed by atoms with Gasteiger partial charge in [0.2, 0.25) is 0 Å². The van der Waals surface area contributed by atoms with E-state index in [0.717, 1.165) is 87.9 Å². The van der Waals surface area contributed by atoms with E-state index in [2.05, 4.69) is 133 Å². The maximum absolute atomic E-state index is 6.50. The summed E-state index contributed by atoms with van der Waals surface area (Å²) in [6.07, 6.45) is 0. The van der Waals surface area contributed by atoms with Crippen LogP contribution in [-0.2, 0) is 0 Å². The number of aromatic nitrogens is 3. The molecule has 0 aliphatic heterocycles. The third-order valence-corrected chi connectivity index (χ3v) is 11.1. The lowest BCUT2D eigenvalue weighted by molar-refractivity contribution is 0.669. The van der Waals surface area contributed by atoms with E-state index in [0.29, 0.717) is 17.5 Å². The van der Waals surface area contributed by atoms with Gasteiger partial charge in [-0.2, -0.15) is 0 Å². The molecule has 3 heterocycles. The molecule has 0 bridgehead atoms. The SMILES string of the molecule is c1ccc(-c2nc(-c3cc4ccccc4c4ccccc34)nc(-c3cccc4oc5ccc(-c6ccc7c(c6)oc6cc8ccccc8cc67)cc5c34)n2)cc1. The summed E-state index contributed by atoms with van der Waals surface area (Å²) in [6, 6.07) is 61.0. The predicted molar refractivity (Wildman–Crippen MR) is 229 cm³/mol. The summed E-state index contributed by atoms with van der Waals surface area (Å²) in [6.45, 7) is 0. The molecular weight excluding hydrogens is 687 g/mol. The van der Waals surface area contributed by atoms with Crippen molar-refractivity contribution in [2.75, 3.05) is 0 Å². The molecule has 12 aromatic rings. The van der Waals surface area contributed by atoms with E-state index in [1.807, 2.05) is 42.5 Å². The van der Waals surface area contributed by atoms with Gasteiger partial charge >= 0.3 is 0 Å². The molecule has 0 atom stereocenters. The number of nitrogens with zero attached hydrogens (tertiary/aromatic N) is 3. The molecule has 0 radical (unpaired) electrons. The first-order chi connectivity index (χ1) is 27.7. The van der Waals surface area contributed by atoms with Crippen molar-refractivity contribution in [3.8, 4) is 45.3 Å². The van der Waals surface area contributed by atoms with Crippen molar-refractivity contribution in [2.24, 2.45) is 0 Å². The summed E-state index contributed by atoms with van der Waals surface area (Å²) < 4.78 is 12.9. The topological polar surface area (TPSA) is 65.0 Å². The normalized spacial score (nSPS) is 11.9. The van der Waals surface area contributed by atoms with Gasteiger partial charge in [-0.1, -0.05) is 127 Å². The van der Waals surface area contributed by atoms with Gasteiger partial charge in [0.25, 0.3) is 0 Å². The monoisotopic (exact) mass is 715 g/mol. The first-order valence-electron chi connectivity index (χ1n) is 18.8. The second-order valence-corrected chi connectivity index (χ2v) is 14.4. The average Bonchev–Trinajstić information content (AvgIpc) is 3.82. The van der Waals surface area contributed by atoms with E-state index >= 15 is 0 Å². The van der Waals surface area contributed by atoms with Crippen molar-refractivity contribution in [3.05, 3.63) is 176 Å². The molecule has 0 saturated heterocycles. The Morgan fingerprint density at radius 2 is 0.929 bits per heavy atom. The van der Waals surface area contributed by atoms with Crippen LogP contribution < -0.4 is 0 Å². The van der Waals surface area contributed by atoms with Gasteiger partial charge in [0.1, 0.15) is 22.3 Å². The Hall–Kier alpha value is -7.63. The molecule has 9 aromatic carbocycles. The van der Waals surface area contributed by atoms with Crippen LogP contribution in [0.3, 0.4) is 0 Å². The number of furan rings is 2. The van der Waals surface area contributed by atoms with Crippen molar-refractivity contribution in [2.45, 2.75) is 0 Å². The molecule has 12 rings (SSSR count). The Bertz CT molecular complexity index is 3550. The quantitative estimate of drug-likeness (QED) is 0.170. The van der Waals surface area contributed by atoms with Gasteiger partial charge in [0.05, 0.1) is 0 Å².